The number of carbonyl (C=O) groups excluding carboxylic acids is 1. The fourth-order valence-corrected chi connectivity index (χ4v) is 9.54. The van der Waals surface area contributed by atoms with Gasteiger partial charge in [-0.3, -0.25) is 4.79 Å². The van der Waals surface area contributed by atoms with E-state index >= 15 is 0 Å². The lowest BCUT2D eigenvalue weighted by molar-refractivity contribution is -0.129. The monoisotopic (exact) mass is 436 g/mol. The molecule has 4 aliphatic rings. The molecule has 4 saturated carbocycles. The summed E-state index contributed by atoms with van der Waals surface area (Å²) < 4.78 is 0. The van der Waals surface area contributed by atoms with E-state index < -0.39 is 0 Å². The molecule has 5 rings (SSSR count). The first-order chi connectivity index (χ1) is 15.3. The van der Waals surface area contributed by atoms with Crippen LogP contribution in [0.15, 0.2) is 30.3 Å². The zero-order valence-corrected chi connectivity index (χ0v) is 20.6. The Balaban J connectivity index is 1.26. The third-order valence-electron chi connectivity index (χ3n) is 11.3. The third kappa shape index (κ3) is 3.69. The molecule has 9 atom stereocenters. The second-order valence-electron chi connectivity index (χ2n) is 12.6. The fraction of sp³-hybridized carbons (Fsp3) is 0.767. The number of fused-ring (bicyclic) bond motifs is 5. The van der Waals surface area contributed by atoms with Crippen molar-refractivity contribution in [1.82, 2.24) is 0 Å². The second kappa shape index (κ2) is 8.57. The van der Waals surface area contributed by atoms with Crippen LogP contribution in [-0.4, -0.2) is 17.0 Å². The van der Waals surface area contributed by atoms with Gasteiger partial charge in [-0.15, -0.1) is 0 Å². The number of hydrogen-bond acceptors (Lipinski definition) is 2. The van der Waals surface area contributed by atoms with Gasteiger partial charge in [0.25, 0.3) is 0 Å². The van der Waals surface area contributed by atoms with Gasteiger partial charge in [0.1, 0.15) is 0 Å². The van der Waals surface area contributed by atoms with Crippen LogP contribution in [0.5, 0.6) is 0 Å². The Labute approximate surface area is 195 Å². The molecule has 0 bridgehead atoms. The van der Waals surface area contributed by atoms with E-state index in [1.54, 1.807) is 0 Å². The maximum atomic E-state index is 12.7. The third-order valence-corrected chi connectivity index (χ3v) is 11.3. The normalized spacial score (nSPS) is 44.2. The van der Waals surface area contributed by atoms with Gasteiger partial charge in [0.05, 0.1) is 6.10 Å². The predicted octanol–water partition coefficient (Wildman–Crippen LogP) is 7.31. The van der Waals surface area contributed by atoms with Crippen molar-refractivity contribution in [2.24, 2.45) is 46.3 Å². The van der Waals surface area contributed by atoms with Crippen LogP contribution in [0.3, 0.4) is 0 Å². The molecule has 2 heteroatoms. The summed E-state index contributed by atoms with van der Waals surface area (Å²) in [6.45, 7) is 7.65. The molecule has 0 radical (unpaired) electrons. The quantitative estimate of drug-likeness (QED) is 0.491. The maximum absolute atomic E-state index is 12.7. The standard InChI is InChI=1S/C30H44O2/c1-20(9-14-28(32)21-7-5-4-6-8-21)25-12-13-26-24-11-10-22-19-23(31)15-17-29(22,2)27(24)16-18-30(25,26)3/h4-8,20,22-27,31H,9-19H2,1-3H3/t20-,22-,23-,24+,25+,26-,27+,29+,30+/m1/s1. The van der Waals surface area contributed by atoms with Gasteiger partial charge in [0.15, 0.2) is 5.78 Å². The van der Waals surface area contributed by atoms with Crippen molar-refractivity contribution in [2.45, 2.75) is 97.5 Å². The minimum Gasteiger partial charge on any atom is -0.393 e. The Kier molecular flexibility index (Phi) is 6.06. The molecule has 0 spiro atoms. The smallest absolute Gasteiger partial charge is 0.162 e. The molecule has 0 aromatic heterocycles. The summed E-state index contributed by atoms with van der Waals surface area (Å²) in [4.78, 5) is 12.7. The zero-order valence-electron chi connectivity index (χ0n) is 20.6. The summed E-state index contributed by atoms with van der Waals surface area (Å²) in [6, 6.07) is 9.85. The number of aliphatic hydroxyl groups excluding tert-OH is 1. The van der Waals surface area contributed by atoms with E-state index in [1.165, 1.54) is 44.9 Å². The molecule has 0 aliphatic heterocycles. The van der Waals surface area contributed by atoms with Crippen molar-refractivity contribution < 1.29 is 9.90 Å². The lowest BCUT2D eigenvalue weighted by atomic mass is 9.44. The van der Waals surface area contributed by atoms with Gasteiger partial charge in [0, 0.05) is 12.0 Å². The van der Waals surface area contributed by atoms with Crippen molar-refractivity contribution in [3.8, 4) is 0 Å². The zero-order chi connectivity index (χ0) is 22.5. The SMILES string of the molecule is C[C@H](CCC(=O)c1ccccc1)[C@@H]1CC[C@@H]2[C@@H]3CC[C@@H]4C[C@H](O)CC[C@]4(C)[C@H]3CC[C@]21C. The highest BCUT2D eigenvalue weighted by molar-refractivity contribution is 5.95. The molecule has 4 aliphatic carbocycles. The molecule has 0 heterocycles. The molecule has 1 aromatic rings. The Morgan fingerprint density at radius 3 is 2.47 bits per heavy atom. The summed E-state index contributed by atoms with van der Waals surface area (Å²) in [6.07, 6.45) is 13.3. The molecule has 0 saturated heterocycles. The number of benzene rings is 1. The van der Waals surface area contributed by atoms with E-state index in [1.807, 2.05) is 30.3 Å². The minimum atomic E-state index is -0.0474. The topological polar surface area (TPSA) is 37.3 Å². The van der Waals surface area contributed by atoms with Crippen molar-refractivity contribution in [3.63, 3.8) is 0 Å². The van der Waals surface area contributed by atoms with E-state index in [9.17, 15) is 9.90 Å². The first kappa shape index (κ1) is 22.6. The van der Waals surface area contributed by atoms with Crippen molar-refractivity contribution in [2.75, 3.05) is 0 Å². The van der Waals surface area contributed by atoms with Crippen LogP contribution < -0.4 is 0 Å². The Hall–Kier alpha value is -1.15. The van der Waals surface area contributed by atoms with Crippen LogP contribution in [0, 0.1) is 46.3 Å². The van der Waals surface area contributed by atoms with Crippen molar-refractivity contribution in [1.29, 1.82) is 0 Å². The summed E-state index contributed by atoms with van der Waals surface area (Å²) >= 11 is 0. The van der Waals surface area contributed by atoms with Gasteiger partial charge in [-0.05, 0) is 111 Å². The van der Waals surface area contributed by atoms with Crippen molar-refractivity contribution >= 4 is 5.78 Å². The van der Waals surface area contributed by atoms with Crippen LogP contribution in [0.2, 0.25) is 0 Å². The lowest BCUT2D eigenvalue weighted by Crippen LogP contribution is -2.54. The summed E-state index contributed by atoms with van der Waals surface area (Å²) in [5, 5.41) is 10.3. The molecule has 0 amide bonds. The summed E-state index contributed by atoms with van der Waals surface area (Å²) in [5.41, 5.74) is 1.81. The highest BCUT2D eigenvalue weighted by atomic mass is 16.3. The molecular formula is C30H44O2. The lowest BCUT2D eigenvalue weighted by Gasteiger charge is -2.61. The van der Waals surface area contributed by atoms with E-state index in [0.717, 1.165) is 54.4 Å². The maximum Gasteiger partial charge on any atom is 0.162 e. The van der Waals surface area contributed by atoms with Gasteiger partial charge >= 0.3 is 0 Å². The molecule has 176 valence electrons. The van der Waals surface area contributed by atoms with Crippen LogP contribution >= 0.6 is 0 Å². The summed E-state index contributed by atoms with van der Waals surface area (Å²) in [5.74, 6) is 5.11. The predicted molar refractivity (Wildman–Crippen MR) is 130 cm³/mol. The van der Waals surface area contributed by atoms with Gasteiger partial charge in [-0.2, -0.15) is 0 Å². The number of Topliss-reactive ketones (excluding diaryl/α,β-unsaturated/α-hetero) is 1. The first-order valence-corrected chi connectivity index (χ1v) is 13.6. The van der Waals surface area contributed by atoms with E-state index in [4.69, 9.17) is 0 Å². The number of rotatable bonds is 5. The molecule has 1 N–H and O–H groups in total. The number of aliphatic hydroxyl groups is 1. The number of hydrogen-bond donors (Lipinski definition) is 1. The Morgan fingerprint density at radius 1 is 0.969 bits per heavy atom. The number of carbonyl (C=O) groups is 1. The van der Waals surface area contributed by atoms with Gasteiger partial charge in [0.2, 0.25) is 0 Å². The van der Waals surface area contributed by atoms with Crippen LogP contribution in [-0.2, 0) is 0 Å². The fourth-order valence-electron chi connectivity index (χ4n) is 9.54. The number of ketones is 1. The minimum absolute atomic E-state index is 0.0474. The average molecular weight is 437 g/mol. The first-order valence-electron chi connectivity index (χ1n) is 13.6. The van der Waals surface area contributed by atoms with Crippen molar-refractivity contribution in [3.05, 3.63) is 35.9 Å². The van der Waals surface area contributed by atoms with E-state index in [0.29, 0.717) is 29.0 Å². The molecule has 32 heavy (non-hydrogen) atoms. The highest BCUT2D eigenvalue weighted by Gasteiger charge is 2.60. The molecular weight excluding hydrogens is 392 g/mol. The Bertz CT molecular complexity index is 817. The van der Waals surface area contributed by atoms with Gasteiger partial charge in [-0.25, -0.2) is 0 Å². The molecule has 4 fully saturated rings. The highest BCUT2D eigenvalue weighted by Crippen LogP contribution is 2.68. The van der Waals surface area contributed by atoms with Crippen LogP contribution in [0.1, 0.15) is 102 Å². The van der Waals surface area contributed by atoms with Gasteiger partial charge in [-0.1, -0.05) is 51.1 Å². The van der Waals surface area contributed by atoms with Gasteiger partial charge < -0.3 is 5.11 Å². The Morgan fingerprint density at radius 2 is 1.69 bits per heavy atom. The van der Waals surface area contributed by atoms with E-state index in [2.05, 4.69) is 20.8 Å². The molecule has 1 aromatic carbocycles. The van der Waals surface area contributed by atoms with E-state index in [-0.39, 0.29) is 6.10 Å². The average Bonchev–Trinajstić information content (AvgIpc) is 3.15. The second-order valence-corrected chi connectivity index (χ2v) is 12.6. The molecule has 2 nitrogen and oxygen atoms in total. The summed E-state index contributed by atoms with van der Waals surface area (Å²) in [7, 11) is 0. The largest absolute Gasteiger partial charge is 0.393 e. The van der Waals surface area contributed by atoms with Crippen LogP contribution in [0.4, 0.5) is 0 Å². The molecule has 0 unspecified atom stereocenters. The van der Waals surface area contributed by atoms with Crippen LogP contribution in [0.25, 0.3) is 0 Å².